The number of carbonyl (C=O) groups is 2. The molecule has 0 spiro atoms. The number of nitrogens with zero attached hydrogens (tertiary/aromatic N) is 2. The molecule has 3 heterocycles. The number of likely N-dealkylation sites (tertiary alicyclic amines) is 1. The molecule has 1 aliphatic rings. The van der Waals surface area contributed by atoms with Crippen molar-refractivity contribution in [2.75, 3.05) is 18.4 Å². The number of nitrogens with one attached hydrogen (secondary N) is 1. The van der Waals surface area contributed by atoms with Crippen LogP contribution in [0.5, 0.6) is 0 Å². The Hall–Kier alpha value is -2.10. The molecule has 7 nitrogen and oxygen atoms in total. The van der Waals surface area contributed by atoms with Gasteiger partial charge in [0, 0.05) is 31.1 Å². The zero-order chi connectivity index (χ0) is 17.8. The van der Waals surface area contributed by atoms with Gasteiger partial charge in [-0.25, -0.2) is 0 Å². The molecule has 0 atom stereocenters. The Morgan fingerprint density at radius 3 is 2.72 bits per heavy atom. The average molecular weight is 455 g/mol. The summed E-state index contributed by atoms with van der Waals surface area (Å²) in [4.78, 5) is 26.2. The topological polar surface area (TPSA) is 88.6 Å². The maximum Gasteiger partial charge on any atom is 0.246 e. The van der Waals surface area contributed by atoms with Crippen LogP contribution in [-0.4, -0.2) is 35.0 Å². The Kier molecular flexibility index (Phi) is 5.57. The van der Waals surface area contributed by atoms with Crippen LogP contribution in [0.2, 0.25) is 0 Å². The van der Waals surface area contributed by atoms with E-state index in [9.17, 15) is 9.59 Å². The third-order valence-electron chi connectivity index (χ3n) is 4.04. The van der Waals surface area contributed by atoms with Crippen LogP contribution in [0, 0.1) is 16.6 Å². The summed E-state index contributed by atoms with van der Waals surface area (Å²) in [6.45, 7) is 2.87. The van der Waals surface area contributed by atoms with E-state index in [0.717, 1.165) is 3.77 Å². The molecular weight excluding hydrogens is 437 g/mol. The summed E-state index contributed by atoms with van der Waals surface area (Å²) in [5.41, 5.74) is 0. The Bertz CT molecular complexity index is 787. The van der Waals surface area contributed by atoms with Crippen molar-refractivity contribution < 1.29 is 18.5 Å². The third kappa shape index (κ3) is 4.71. The van der Waals surface area contributed by atoms with Crippen LogP contribution >= 0.6 is 22.6 Å². The number of piperidine rings is 1. The van der Waals surface area contributed by atoms with Crippen LogP contribution in [0.4, 0.5) is 5.82 Å². The molecule has 8 heteroatoms. The van der Waals surface area contributed by atoms with Crippen LogP contribution in [0.3, 0.4) is 0 Å². The molecule has 2 amide bonds. The van der Waals surface area contributed by atoms with Crippen molar-refractivity contribution in [1.82, 2.24) is 10.1 Å². The highest BCUT2D eigenvalue weighted by molar-refractivity contribution is 14.1. The lowest BCUT2D eigenvalue weighted by Crippen LogP contribution is -2.40. The maximum absolute atomic E-state index is 12.2. The minimum atomic E-state index is -0.128. The smallest absolute Gasteiger partial charge is 0.246 e. The van der Waals surface area contributed by atoms with E-state index in [1.807, 2.05) is 12.1 Å². The lowest BCUT2D eigenvalue weighted by Gasteiger charge is -2.30. The molecular formula is C17H18IN3O4. The van der Waals surface area contributed by atoms with E-state index in [1.165, 1.54) is 6.08 Å². The molecule has 0 aromatic carbocycles. The van der Waals surface area contributed by atoms with Crippen molar-refractivity contribution >= 4 is 46.3 Å². The summed E-state index contributed by atoms with van der Waals surface area (Å²) in [6, 6.07) is 5.33. The average Bonchev–Trinajstić information content (AvgIpc) is 3.21. The molecule has 1 saturated heterocycles. The molecule has 2 aromatic rings. The number of hydrogen-bond donors (Lipinski definition) is 1. The Labute approximate surface area is 158 Å². The summed E-state index contributed by atoms with van der Waals surface area (Å²) >= 11 is 2.07. The van der Waals surface area contributed by atoms with Gasteiger partial charge in [0.05, 0.1) is 0 Å². The van der Waals surface area contributed by atoms with E-state index >= 15 is 0 Å². The van der Waals surface area contributed by atoms with Gasteiger partial charge in [0.1, 0.15) is 11.5 Å². The number of anilines is 1. The van der Waals surface area contributed by atoms with E-state index in [1.54, 1.807) is 24.0 Å². The van der Waals surface area contributed by atoms with Gasteiger partial charge in [0.25, 0.3) is 0 Å². The van der Waals surface area contributed by atoms with Crippen LogP contribution < -0.4 is 5.32 Å². The fourth-order valence-corrected chi connectivity index (χ4v) is 3.13. The Balaban J connectivity index is 1.48. The predicted molar refractivity (Wildman–Crippen MR) is 99.6 cm³/mol. The van der Waals surface area contributed by atoms with Crippen molar-refractivity contribution in [1.29, 1.82) is 0 Å². The van der Waals surface area contributed by atoms with Gasteiger partial charge in [-0.3, -0.25) is 9.59 Å². The van der Waals surface area contributed by atoms with Gasteiger partial charge in [0.15, 0.2) is 9.58 Å². The molecule has 0 saturated carbocycles. The van der Waals surface area contributed by atoms with Crippen LogP contribution in [-0.2, 0) is 9.59 Å². The van der Waals surface area contributed by atoms with Crippen LogP contribution in [0.25, 0.3) is 6.08 Å². The van der Waals surface area contributed by atoms with Crippen molar-refractivity contribution in [2.45, 2.75) is 19.8 Å². The fraction of sp³-hybridized carbons (Fsp3) is 0.353. The highest BCUT2D eigenvalue weighted by atomic mass is 127. The molecule has 25 heavy (non-hydrogen) atoms. The van der Waals surface area contributed by atoms with Gasteiger partial charge in [-0.15, -0.1) is 0 Å². The van der Waals surface area contributed by atoms with Crippen molar-refractivity contribution in [2.24, 2.45) is 5.92 Å². The van der Waals surface area contributed by atoms with E-state index in [-0.39, 0.29) is 17.7 Å². The summed E-state index contributed by atoms with van der Waals surface area (Å²) in [7, 11) is 0. The standard InChI is InChI=1S/C17H18IN3O4/c1-11-10-15(20-25-11)19-17(23)12-6-8-21(9-7-12)16(22)5-3-13-2-4-14(18)24-13/h2-5,10,12H,6-9H2,1H3,(H,19,20,23)/b5-3+. The lowest BCUT2D eigenvalue weighted by atomic mass is 9.96. The first-order valence-electron chi connectivity index (χ1n) is 7.98. The second-order valence-corrected chi connectivity index (χ2v) is 6.95. The lowest BCUT2D eigenvalue weighted by molar-refractivity contribution is -0.130. The van der Waals surface area contributed by atoms with E-state index in [4.69, 9.17) is 8.94 Å². The highest BCUT2D eigenvalue weighted by Gasteiger charge is 2.27. The van der Waals surface area contributed by atoms with Crippen molar-refractivity contribution in [3.63, 3.8) is 0 Å². The third-order valence-corrected chi connectivity index (χ3v) is 4.62. The summed E-state index contributed by atoms with van der Waals surface area (Å²) in [5.74, 6) is 1.44. The number of amides is 2. The Morgan fingerprint density at radius 1 is 1.36 bits per heavy atom. The van der Waals surface area contributed by atoms with E-state index < -0.39 is 0 Å². The van der Waals surface area contributed by atoms with Crippen LogP contribution in [0.15, 0.2) is 33.2 Å². The molecule has 1 aliphatic heterocycles. The largest absolute Gasteiger partial charge is 0.451 e. The first-order chi connectivity index (χ1) is 12.0. The number of rotatable bonds is 4. The van der Waals surface area contributed by atoms with Gasteiger partial charge in [-0.1, -0.05) is 5.16 Å². The molecule has 132 valence electrons. The maximum atomic E-state index is 12.2. The second-order valence-electron chi connectivity index (χ2n) is 5.89. The molecule has 0 bridgehead atoms. The second kappa shape index (κ2) is 7.85. The monoisotopic (exact) mass is 455 g/mol. The quantitative estimate of drug-likeness (QED) is 0.566. The van der Waals surface area contributed by atoms with E-state index in [0.29, 0.717) is 43.3 Å². The molecule has 0 radical (unpaired) electrons. The number of carbonyl (C=O) groups excluding carboxylic acids is 2. The highest BCUT2D eigenvalue weighted by Crippen LogP contribution is 2.20. The molecule has 0 unspecified atom stereocenters. The number of aromatic nitrogens is 1. The zero-order valence-electron chi connectivity index (χ0n) is 13.7. The summed E-state index contributed by atoms with van der Waals surface area (Å²) < 4.78 is 11.1. The minimum absolute atomic E-state index is 0.0719. The molecule has 3 rings (SSSR count). The summed E-state index contributed by atoms with van der Waals surface area (Å²) in [6.07, 6.45) is 4.42. The van der Waals surface area contributed by atoms with Crippen molar-refractivity contribution in [3.8, 4) is 0 Å². The SMILES string of the molecule is Cc1cc(NC(=O)C2CCN(C(=O)/C=C/c3ccc(I)o3)CC2)no1. The predicted octanol–water partition coefficient (Wildman–Crippen LogP) is 3.07. The molecule has 2 aromatic heterocycles. The van der Waals surface area contributed by atoms with Gasteiger partial charge < -0.3 is 19.2 Å². The molecule has 0 aliphatic carbocycles. The summed E-state index contributed by atoms with van der Waals surface area (Å²) in [5, 5.41) is 6.51. The minimum Gasteiger partial charge on any atom is -0.451 e. The van der Waals surface area contributed by atoms with Gasteiger partial charge in [-0.05, 0) is 60.6 Å². The van der Waals surface area contributed by atoms with Crippen molar-refractivity contribution in [3.05, 3.63) is 39.6 Å². The number of furan rings is 1. The number of aryl methyl sites for hydroxylation is 1. The number of hydrogen-bond acceptors (Lipinski definition) is 5. The van der Waals surface area contributed by atoms with Crippen LogP contribution in [0.1, 0.15) is 24.4 Å². The zero-order valence-corrected chi connectivity index (χ0v) is 15.9. The Morgan fingerprint density at radius 2 is 2.12 bits per heavy atom. The first-order valence-corrected chi connectivity index (χ1v) is 9.05. The van der Waals surface area contributed by atoms with Gasteiger partial charge in [-0.2, -0.15) is 0 Å². The van der Waals surface area contributed by atoms with Gasteiger partial charge >= 0.3 is 0 Å². The fourth-order valence-electron chi connectivity index (χ4n) is 2.69. The molecule has 1 fully saturated rings. The van der Waals surface area contributed by atoms with Gasteiger partial charge in [0.2, 0.25) is 11.8 Å². The molecule has 1 N–H and O–H groups in total. The number of halogens is 1. The normalized spacial score (nSPS) is 15.7. The first kappa shape index (κ1) is 17.7. The van der Waals surface area contributed by atoms with E-state index in [2.05, 4.69) is 33.1 Å².